The molecule has 1 saturated carbocycles. The van der Waals surface area contributed by atoms with Crippen LogP contribution in [0.15, 0.2) is 41.8 Å². The molecule has 50 heavy (non-hydrogen) atoms. The number of aliphatic carboxylic acids is 1. The third-order valence-corrected chi connectivity index (χ3v) is 11.2. The van der Waals surface area contributed by atoms with E-state index in [1.165, 1.54) is 22.3 Å². The van der Waals surface area contributed by atoms with E-state index in [1.807, 2.05) is 29.2 Å². The molecule has 1 aromatic heterocycles. The van der Waals surface area contributed by atoms with Crippen LogP contribution in [0.5, 0.6) is 0 Å². The van der Waals surface area contributed by atoms with Gasteiger partial charge in [-0.1, -0.05) is 29.8 Å². The SMILES string of the molecule is O=C(Nc1cc(F)c(CC(=O)C(OC2CCC(C(=O)O)CC2)(N2CCCC2)N2CCN(CC(F)(F)F)CC2)cc1Cl)c1csc2ccccc12. The zero-order chi connectivity index (χ0) is 35.6. The van der Waals surface area contributed by atoms with Crippen molar-refractivity contribution >= 4 is 56.4 Å². The number of hydrogen-bond acceptors (Lipinski definition) is 8. The smallest absolute Gasteiger partial charge is 0.401 e. The molecule has 3 aromatic rings. The minimum Gasteiger partial charge on any atom is -0.481 e. The lowest BCUT2D eigenvalue weighted by atomic mass is 9.87. The Morgan fingerprint density at radius 3 is 2.28 bits per heavy atom. The van der Waals surface area contributed by atoms with Gasteiger partial charge in [-0.3, -0.25) is 29.1 Å². The van der Waals surface area contributed by atoms with Crippen LogP contribution in [0, 0.1) is 11.7 Å². The Morgan fingerprint density at radius 1 is 0.960 bits per heavy atom. The molecule has 3 heterocycles. The quantitative estimate of drug-likeness (QED) is 0.211. The van der Waals surface area contributed by atoms with Crippen LogP contribution in [0.3, 0.4) is 0 Å². The number of likely N-dealkylation sites (tertiary alicyclic amines) is 1. The van der Waals surface area contributed by atoms with Gasteiger partial charge in [0.15, 0.2) is 5.78 Å². The Kier molecular flexibility index (Phi) is 11.2. The van der Waals surface area contributed by atoms with Crippen LogP contribution in [0.4, 0.5) is 23.2 Å². The number of fused-ring (bicyclic) bond motifs is 1. The number of carboxylic acid groups (broad SMARTS) is 1. The van der Waals surface area contributed by atoms with E-state index in [4.69, 9.17) is 16.3 Å². The number of hydrogen-bond donors (Lipinski definition) is 2. The molecule has 1 atom stereocenters. The number of ether oxygens (including phenoxy) is 1. The van der Waals surface area contributed by atoms with Gasteiger partial charge in [0.2, 0.25) is 5.85 Å². The van der Waals surface area contributed by atoms with Gasteiger partial charge < -0.3 is 15.2 Å². The molecule has 2 saturated heterocycles. The van der Waals surface area contributed by atoms with E-state index in [2.05, 4.69) is 5.32 Å². The van der Waals surface area contributed by atoms with E-state index >= 15 is 4.39 Å². The normalized spacial score (nSPS) is 22.4. The summed E-state index contributed by atoms with van der Waals surface area (Å²) in [5.74, 6) is -4.82. The van der Waals surface area contributed by atoms with Crippen molar-refractivity contribution in [2.45, 2.75) is 63.1 Å². The molecule has 270 valence electrons. The minimum atomic E-state index is -4.37. The van der Waals surface area contributed by atoms with Gasteiger partial charge in [-0.15, -0.1) is 11.3 Å². The van der Waals surface area contributed by atoms with Crippen LogP contribution in [0.1, 0.15) is 54.4 Å². The number of carbonyl (C=O) groups excluding carboxylic acids is 2. The van der Waals surface area contributed by atoms with E-state index in [-0.39, 0.29) is 42.5 Å². The van der Waals surface area contributed by atoms with Crippen molar-refractivity contribution in [3.63, 3.8) is 0 Å². The largest absolute Gasteiger partial charge is 0.481 e. The van der Waals surface area contributed by atoms with Crippen molar-refractivity contribution < 1.29 is 41.8 Å². The summed E-state index contributed by atoms with van der Waals surface area (Å²) in [5.41, 5.74) is 0.441. The number of piperazine rings is 1. The summed E-state index contributed by atoms with van der Waals surface area (Å²) in [6.45, 7) is 0.217. The number of nitrogens with zero attached hydrogens (tertiary/aromatic N) is 3. The summed E-state index contributed by atoms with van der Waals surface area (Å²) in [5, 5.41) is 14.7. The number of nitrogens with one attached hydrogen (secondary N) is 1. The number of carboxylic acids is 1. The Hall–Kier alpha value is -3.14. The highest BCUT2D eigenvalue weighted by atomic mass is 35.5. The van der Waals surface area contributed by atoms with E-state index < -0.39 is 60.5 Å². The van der Waals surface area contributed by atoms with Crippen molar-refractivity contribution in [2.75, 3.05) is 51.1 Å². The lowest BCUT2D eigenvalue weighted by Crippen LogP contribution is -2.71. The zero-order valence-corrected chi connectivity index (χ0v) is 28.9. The van der Waals surface area contributed by atoms with Gasteiger partial charge in [-0.25, -0.2) is 4.39 Å². The molecule has 0 bridgehead atoms. The number of rotatable bonds is 11. The summed E-state index contributed by atoms with van der Waals surface area (Å²) < 4.78 is 63.2. The highest BCUT2D eigenvalue weighted by Crippen LogP contribution is 2.38. The summed E-state index contributed by atoms with van der Waals surface area (Å²) in [6, 6.07) is 9.79. The summed E-state index contributed by atoms with van der Waals surface area (Å²) in [7, 11) is 0. The molecule has 9 nitrogen and oxygen atoms in total. The Bertz CT molecular complexity index is 1720. The maximum atomic E-state index is 15.8. The third kappa shape index (κ3) is 8.00. The Labute approximate surface area is 296 Å². The number of amides is 1. The van der Waals surface area contributed by atoms with Crippen LogP contribution in [-0.2, 0) is 20.7 Å². The number of alkyl halides is 3. The number of carbonyl (C=O) groups is 3. The fraction of sp³-hybridized carbons (Fsp3) is 0.514. The monoisotopic (exact) mass is 738 g/mol. The zero-order valence-electron chi connectivity index (χ0n) is 27.3. The predicted molar refractivity (Wildman–Crippen MR) is 182 cm³/mol. The number of Topliss-reactive ketones (excluding diaryl/α,β-unsaturated/α-hetero) is 1. The second-order valence-electron chi connectivity index (χ2n) is 13.2. The molecule has 3 aliphatic rings. The predicted octanol–water partition coefficient (Wildman–Crippen LogP) is 6.65. The average Bonchev–Trinajstić information content (AvgIpc) is 3.77. The third-order valence-electron chi connectivity index (χ3n) is 9.92. The molecule has 1 aliphatic carbocycles. The first-order valence-corrected chi connectivity index (χ1v) is 18.1. The molecular formula is C35H39ClF4N4O5S. The highest BCUT2D eigenvalue weighted by Gasteiger charge is 2.53. The first-order valence-electron chi connectivity index (χ1n) is 16.8. The van der Waals surface area contributed by atoms with Gasteiger partial charge in [0.1, 0.15) is 5.82 Å². The molecule has 6 rings (SSSR count). The van der Waals surface area contributed by atoms with Gasteiger partial charge in [-0.05, 0) is 62.3 Å². The molecule has 3 fully saturated rings. The van der Waals surface area contributed by atoms with Crippen molar-refractivity contribution in [3.8, 4) is 0 Å². The van der Waals surface area contributed by atoms with Crippen LogP contribution in [0.2, 0.25) is 5.02 Å². The molecule has 2 aromatic carbocycles. The maximum absolute atomic E-state index is 15.8. The first kappa shape index (κ1) is 36.6. The van der Waals surface area contributed by atoms with Crippen molar-refractivity contribution in [3.05, 3.63) is 63.7 Å². The van der Waals surface area contributed by atoms with Gasteiger partial charge >= 0.3 is 12.1 Å². The fourth-order valence-electron chi connectivity index (χ4n) is 7.36. The van der Waals surface area contributed by atoms with E-state index in [9.17, 15) is 32.7 Å². The Balaban J connectivity index is 1.27. The fourth-order valence-corrected chi connectivity index (χ4v) is 8.54. The molecule has 1 amide bonds. The summed E-state index contributed by atoms with van der Waals surface area (Å²) in [4.78, 5) is 44.5. The van der Waals surface area contributed by atoms with Crippen LogP contribution in [0.25, 0.3) is 10.1 Å². The highest BCUT2D eigenvalue weighted by molar-refractivity contribution is 7.17. The molecule has 15 heteroatoms. The number of thiophene rings is 1. The lowest BCUT2D eigenvalue weighted by Gasteiger charge is -2.52. The van der Waals surface area contributed by atoms with Crippen molar-refractivity contribution in [1.29, 1.82) is 0 Å². The summed E-state index contributed by atoms with van der Waals surface area (Å²) in [6.07, 6.45) is -2.24. The number of ketones is 1. The number of benzene rings is 2. The first-order chi connectivity index (χ1) is 23.8. The number of halogens is 5. The molecule has 1 unspecified atom stereocenters. The van der Waals surface area contributed by atoms with Gasteiger partial charge in [0.05, 0.1) is 34.8 Å². The van der Waals surface area contributed by atoms with Gasteiger partial charge in [0, 0.05) is 61.2 Å². The minimum absolute atomic E-state index is 0.0172. The van der Waals surface area contributed by atoms with Gasteiger partial charge in [0.25, 0.3) is 5.91 Å². The maximum Gasteiger partial charge on any atom is 0.401 e. The van der Waals surface area contributed by atoms with E-state index in [0.717, 1.165) is 29.0 Å². The van der Waals surface area contributed by atoms with Crippen molar-refractivity contribution in [1.82, 2.24) is 14.7 Å². The van der Waals surface area contributed by atoms with Crippen molar-refractivity contribution in [2.24, 2.45) is 5.92 Å². The molecule has 2 aliphatic heterocycles. The average molecular weight is 739 g/mol. The van der Waals surface area contributed by atoms with Crippen LogP contribution < -0.4 is 5.32 Å². The van der Waals surface area contributed by atoms with Crippen LogP contribution >= 0.6 is 22.9 Å². The second-order valence-corrected chi connectivity index (χ2v) is 14.6. The van der Waals surface area contributed by atoms with E-state index in [1.54, 1.807) is 10.3 Å². The van der Waals surface area contributed by atoms with Gasteiger partial charge in [-0.2, -0.15) is 13.2 Å². The van der Waals surface area contributed by atoms with Crippen LogP contribution in [-0.4, -0.2) is 101 Å². The topological polar surface area (TPSA) is 102 Å². The molecule has 0 radical (unpaired) electrons. The molecular weight excluding hydrogens is 700 g/mol. The number of anilines is 1. The summed E-state index contributed by atoms with van der Waals surface area (Å²) >= 11 is 7.98. The molecule has 2 N–H and O–H groups in total. The second kappa shape index (κ2) is 15.2. The van der Waals surface area contributed by atoms with E-state index in [0.29, 0.717) is 44.3 Å². The standard InChI is InChI=1S/C35H39ClF4N4O5S/c36-27-17-23(28(37)19-29(27)41-32(46)26-20-50-30-6-2-1-5-25(26)30)18-31(45)35(43-11-3-4-12-43,49-24-9-7-22(8-10-24)33(47)48)44-15-13-42(14-16-44)21-34(38,39)40/h1-2,5-6,17,19-20,22,24H,3-4,7-16,18,21H2,(H,41,46)(H,47,48). The molecule has 0 spiro atoms. The lowest BCUT2D eigenvalue weighted by molar-refractivity contribution is -0.262. The Morgan fingerprint density at radius 2 is 1.62 bits per heavy atom.